The Kier molecular flexibility index (Phi) is 9.71. The highest BCUT2D eigenvalue weighted by molar-refractivity contribution is 14.0. The van der Waals surface area contributed by atoms with Crippen molar-refractivity contribution in [1.29, 1.82) is 0 Å². The van der Waals surface area contributed by atoms with Crippen LogP contribution in [0.5, 0.6) is 5.75 Å². The van der Waals surface area contributed by atoms with E-state index in [9.17, 15) is 0 Å². The molecule has 1 aliphatic heterocycles. The SMILES string of the molecule is CN=C(NCC(C)(C)CN(C)C)N1CCC(Oc2ccccc2)CC1.I. The van der Waals surface area contributed by atoms with Crippen molar-refractivity contribution in [1.82, 2.24) is 15.1 Å². The first-order valence-corrected chi connectivity index (χ1v) is 9.22. The molecule has 0 aromatic heterocycles. The van der Waals surface area contributed by atoms with Crippen LogP contribution in [0.1, 0.15) is 26.7 Å². The molecule has 26 heavy (non-hydrogen) atoms. The lowest BCUT2D eigenvalue weighted by atomic mass is 9.93. The third kappa shape index (κ3) is 7.70. The van der Waals surface area contributed by atoms with Crippen molar-refractivity contribution < 1.29 is 4.74 Å². The summed E-state index contributed by atoms with van der Waals surface area (Å²) in [5.41, 5.74) is 0.203. The van der Waals surface area contributed by atoms with E-state index in [4.69, 9.17) is 4.74 Å². The van der Waals surface area contributed by atoms with E-state index in [-0.39, 0.29) is 29.4 Å². The van der Waals surface area contributed by atoms with Gasteiger partial charge in [0.1, 0.15) is 11.9 Å². The summed E-state index contributed by atoms with van der Waals surface area (Å²) in [6.45, 7) is 8.49. The monoisotopic (exact) mass is 474 g/mol. The summed E-state index contributed by atoms with van der Waals surface area (Å²) in [6.07, 6.45) is 2.34. The normalized spacial score (nSPS) is 16.4. The molecule has 1 aliphatic rings. The van der Waals surface area contributed by atoms with Crippen LogP contribution in [0.2, 0.25) is 0 Å². The standard InChI is InChI=1S/C20H34N4O.HI/c1-20(2,16-23(4)5)15-22-19(21-3)24-13-11-18(12-14-24)25-17-9-7-6-8-10-17;/h6-10,18H,11-16H2,1-5H3,(H,21,22);1H. The number of nitrogens with zero attached hydrogens (tertiary/aromatic N) is 3. The average molecular weight is 474 g/mol. The average Bonchev–Trinajstić information content (AvgIpc) is 2.56. The molecule has 0 bridgehead atoms. The van der Waals surface area contributed by atoms with E-state index in [1.165, 1.54) is 0 Å². The van der Waals surface area contributed by atoms with Crippen molar-refractivity contribution in [3.05, 3.63) is 30.3 Å². The minimum Gasteiger partial charge on any atom is -0.490 e. The predicted octanol–water partition coefficient (Wildman–Crippen LogP) is 3.31. The number of benzene rings is 1. The third-order valence-corrected chi connectivity index (χ3v) is 4.47. The first kappa shape index (κ1) is 23.0. The molecule has 0 radical (unpaired) electrons. The zero-order valence-corrected chi connectivity index (χ0v) is 19.2. The molecule has 5 nitrogen and oxygen atoms in total. The summed E-state index contributed by atoms with van der Waals surface area (Å²) >= 11 is 0. The number of ether oxygens (including phenoxy) is 1. The van der Waals surface area contributed by atoms with E-state index in [0.29, 0.717) is 6.10 Å². The second-order valence-corrected chi connectivity index (χ2v) is 7.92. The molecule has 1 saturated heterocycles. The summed E-state index contributed by atoms with van der Waals surface area (Å²) in [7, 11) is 6.11. The van der Waals surface area contributed by atoms with Gasteiger partial charge in [-0.25, -0.2) is 0 Å². The fraction of sp³-hybridized carbons (Fsp3) is 0.650. The summed E-state index contributed by atoms with van der Waals surface area (Å²) in [5, 5.41) is 3.56. The number of piperidine rings is 1. The van der Waals surface area contributed by atoms with Gasteiger partial charge in [-0.15, -0.1) is 24.0 Å². The minimum absolute atomic E-state index is 0. The van der Waals surface area contributed by atoms with Crippen molar-refractivity contribution in [3.8, 4) is 5.75 Å². The topological polar surface area (TPSA) is 40.1 Å². The lowest BCUT2D eigenvalue weighted by Gasteiger charge is -2.36. The van der Waals surface area contributed by atoms with Crippen molar-refractivity contribution >= 4 is 29.9 Å². The molecule has 0 unspecified atom stereocenters. The highest BCUT2D eigenvalue weighted by Gasteiger charge is 2.25. The van der Waals surface area contributed by atoms with Gasteiger partial charge < -0.3 is 19.9 Å². The Morgan fingerprint density at radius 3 is 2.38 bits per heavy atom. The Labute approximate surface area is 176 Å². The number of rotatable bonds is 6. The maximum atomic E-state index is 6.08. The summed E-state index contributed by atoms with van der Waals surface area (Å²) < 4.78 is 6.08. The predicted molar refractivity (Wildman–Crippen MR) is 121 cm³/mol. The van der Waals surface area contributed by atoms with Crippen LogP contribution in [0.4, 0.5) is 0 Å². The van der Waals surface area contributed by atoms with Crippen molar-refractivity contribution in [3.63, 3.8) is 0 Å². The molecule has 0 saturated carbocycles. The molecule has 148 valence electrons. The molecule has 0 amide bonds. The molecular formula is C20H35IN4O. The molecule has 1 N–H and O–H groups in total. The number of hydrogen-bond acceptors (Lipinski definition) is 3. The molecule has 6 heteroatoms. The largest absolute Gasteiger partial charge is 0.490 e. The maximum absolute atomic E-state index is 6.08. The highest BCUT2D eigenvalue weighted by Crippen LogP contribution is 2.19. The van der Waals surface area contributed by atoms with Crippen LogP contribution in [0.3, 0.4) is 0 Å². The van der Waals surface area contributed by atoms with E-state index in [0.717, 1.165) is 50.7 Å². The molecular weight excluding hydrogens is 439 g/mol. The highest BCUT2D eigenvalue weighted by atomic mass is 127. The fourth-order valence-corrected chi connectivity index (χ4v) is 3.44. The van der Waals surface area contributed by atoms with Gasteiger partial charge in [0.05, 0.1) is 0 Å². The Bertz CT molecular complexity index is 540. The number of hydrogen-bond donors (Lipinski definition) is 1. The fourth-order valence-electron chi connectivity index (χ4n) is 3.44. The zero-order valence-electron chi connectivity index (χ0n) is 16.9. The second kappa shape index (κ2) is 11.0. The van der Waals surface area contributed by atoms with Gasteiger partial charge in [0.15, 0.2) is 5.96 Å². The van der Waals surface area contributed by atoms with Crippen LogP contribution in [0, 0.1) is 5.41 Å². The molecule has 1 aromatic rings. The number of guanidine groups is 1. The summed E-state index contributed by atoms with van der Waals surface area (Å²) in [6, 6.07) is 10.1. The molecule has 0 atom stereocenters. The first-order chi connectivity index (χ1) is 11.9. The second-order valence-electron chi connectivity index (χ2n) is 7.92. The number of likely N-dealkylation sites (tertiary alicyclic amines) is 1. The number of aliphatic imine (C=N–C) groups is 1. The van der Waals surface area contributed by atoms with Gasteiger partial charge in [-0.2, -0.15) is 0 Å². The molecule has 1 heterocycles. The third-order valence-electron chi connectivity index (χ3n) is 4.47. The molecule has 0 spiro atoms. The molecule has 1 aromatic carbocycles. The van der Waals surface area contributed by atoms with Crippen LogP contribution in [0.15, 0.2) is 35.3 Å². The quantitative estimate of drug-likeness (QED) is 0.390. The molecule has 0 aliphatic carbocycles. The van der Waals surface area contributed by atoms with Crippen molar-refractivity contribution in [2.24, 2.45) is 10.4 Å². The lowest BCUT2D eigenvalue weighted by molar-refractivity contribution is 0.129. The molecule has 1 fully saturated rings. The van der Waals surface area contributed by atoms with E-state index in [1.54, 1.807) is 0 Å². The van der Waals surface area contributed by atoms with Gasteiger partial charge in [-0.1, -0.05) is 32.0 Å². The lowest BCUT2D eigenvalue weighted by Crippen LogP contribution is -2.50. The maximum Gasteiger partial charge on any atom is 0.193 e. The number of nitrogens with one attached hydrogen (secondary N) is 1. The summed E-state index contributed by atoms with van der Waals surface area (Å²) in [4.78, 5) is 9.06. The Morgan fingerprint density at radius 2 is 1.85 bits per heavy atom. The summed E-state index contributed by atoms with van der Waals surface area (Å²) in [5.74, 6) is 1.97. The molecule has 2 rings (SSSR count). The number of halogens is 1. The Morgan fingerprint density at radius 1 is 1.23 bits per heavy atom. The van der Waals surface area contributed by atoms with Gasteiger partial charge >= 0.3 is 0 Å². The van der Waals surface area contributed by atoms with Gasteiger partial charge in [0.25, 0.3) is 0 Å². The minimum atomic E-state index is 0. The van der Waals surface area contributed by atoms with Crippen LogP contribution < -0.4 is 10.1 Å². The van der Waals surface area contributed by atoms with Crippen LogP contribution in [-0.4, -0.2) is 69.2 Å². The van der Waals surface area contributed by atoms with Crippen LogP contribution >= 0.6 is 24.0 Å². The van der Waals surface area contributed by atoms with Gasteiger partial charge in [-0.3, -0.25) is 4.99 Å². The van der Waals surface area contributed by atoms with Gasteiger partial charge in [0, 0.05) is 46.1 Å². The van der Waals surface area contributed by atoms with Crippen molar-refractivity contribution in [2.75, 3.05) is 47.3 Å². The zero-order chi connectivity index (χ0) is 18.3. The Balaban J connectivity index is 0.00000338. The number of para-hydroxylation sites is 1. The smallest absolute Gasteiger partial charge is 0.193 e. The van der Waals surface area contributed by atoms with Gasteiger partial charge in [0.2, 0.25) is 0 Å². The van der Waals surface area contributed by atoms with Crippen LogP contribution in [0.25, 0.3) is 0 Å². The Hall–Kier alpha value is -1.02. The van der Waals surface area contributed by atoms with E-state index < -0.39 is 0 Å². The van der Waals surface area contributed by atoms with E-state index in [1.807, 2.05) is 37.4 Å². The van der Waals surface area contributed by atoms with Gasteiger partial charge in [-0.05, 0) is 31.6 Å². The van der Waals surface area contributed by atoms with E-state index >= 15 is 0 Å². The van der Waals surface area contributed by atoms with Crippen molar-refractivity contribution in [2.45, 2.75) is 32.8 Å². The van der Waals surface area contributed by atoms with Crippen LogP contribution in [-0.2, 0) is 0 Å². The first-order valence-electron chi connectivity index (χ1n) is 9.22. The van der Waals surface area contributed by atoms with E-state index in [2.05, 4.69) is 48.1 Å².